The zero-order valence-electron chi connectivity index (χ0n) is 15.4. The van der Waals surface area contributed by atoms with E-state index in [4.69, 9.17) is 12.2 Å². The van der Waals surface area contributed by atoms with Gasteiger partial charge in [0.25, 0.3) is 11.8 Å². The maximum Gasteiger partial charge on any atom is 0.273 e. The highest BCUT2D eigenvalue weighted by molar-refractivity contribution is 9.10. The minimum atomic E-state index is -0.649. The van der Waals surface area contributed by atoms with Crippen LogP contribution in [0.4, 0.5) is 0 Å². The van der Waals surface area contributed by atoms with Gasteiger partial charge in [0.15, 0.2) is 0 Å². The van der Waals surface area contributed by atoms with Gasteiger partial charge in [-0.25, -0.2) is 0 Å². The molecule has 2 aromatic carbocycles. The number of para-hydroxylation sites is 1. The number of thioether (sulfide) groups is 1. The maximum absolute atomic E-state index is 12.6. The van der Waals surface area contributed by atoms with E-state index < -0.39 is 11.8 Å². The molecule has 0 aliphatic carbocycles. The first-order valence-electron chi connectivity index (χ1n) is 8.73. The van der Waals surface area contributed by atoms with Gasteiger partial charge in [0, 0.05) is 17.4 Å². The van der Waals surface area contributed by atoms with Gasteiger partial charge in [-0.1, -0.05) is 64.2 Å². The number of hydrazine groups is 1. The molecule has 0 aromatic heterocycles. The van der Waals surface area contributed by atoms with Crippen molar-refractivity contribution in [1.29, 1.82) is 0 Å². The number of thiocarbonyl (C=S) groups is 1. The van der Waals surface area contributed by atoms with E-state index in [1.54, 1.807) is 18.2 Å². The molecular weight excluding hydrogens is 490 g/mol. The Kier molecular flexibility index (Phi) is 7.24. The van der Waals surface area contributed by atoms with Crippen LogP contribution in [0.1, 0.15) is 22.3 Å². The fourth-order valence-electron chi connectivity index (χ4n) is 2.54. The molecule has 3 rings (SSSR count). The number of carbonyl (C=O) groups is 3. The molecule has 1 saturated heterocycles. The summed E-state index contributed by atoms with van der Waals surface area (Å²) < 4.78 is 1.31. The quantitative estimate of drug-likeness (QED) is 0.327. The molecule has 154 valence electrons. The molecule has 0 unspecified atom stereocenters. The van der Waals surface area contributed by atoms with Crippen LogP contribution in [0.25, 0.3) is 6.08 Å². The monoisotopic (exact) mass is 505 g/mol. The standard InChI is InChI=1S/C20H16BrN3O4S2/c21-13-7-5-12(6-8-13)11-16-19(28)24(20(29)30-16)10-9-17(26)22-23-18(27)14-3-1-2-4-15(14)25/h1-8,11,25H,9-10H2,(H,22,26)(H,23,27). The van der Waals surface area contributed by atoms with Crippen molar-refractivity contribution in [2.75, 3.05) is 6.54 Å². The van der Waals surface area contributed by atoms with Crippen LogP contribution >= 0.6 is 39.9 Å². The highest BCUT2D eigenvalue weighted by atomic mass is 79.9. The Bertz CT molecular complexity index is 1040. The van der Waals surface area contributed by atoms with Crippen LogP contribution in [-0.2, 0) is 9.59 Å². The molecule has 7 nitrogen and oxygen atoms in total. The van der Waals surface area contributed by atoms with Gasteiger partial charge in [0.1, 0.15) is 10.1 Å². The van der Waals surface area contributed by atoms with Crippen molar-refractivity contribution >= 4 is 68.0 Å². The first kappa shape index (κ1) is 22.0. The average molecular weight is 506 g/mol. The fourth-order valence-corrected chi connectivity index (χ4v) is 4.11. The highest BCUT2D eigenvalue weighted by Gasteiger charge is 2.32. The molecule has 1 fully saturated rings. The molecule has 2 aromatic rings. The van der Waals surface area contributed by atoms with Gasteiger partial charge in [0.2, 0.25) is 5.91 Å². The average Bonchev–Trinajstić information content (AvgIpc) is 2.99. The van der Waals surface area contributed by atoms with E-state index in [1.165, 1.54) is 28.8 Å². The Hall–Kier alpha value is -2.69. The van der Waals surface area contributed by atoms with Crippen molar-refractivity contribution in [3.05, 3.63) is 69.0 Å². The molecule has 3 N–H and O–H groups in total. The highest BCUT2D eigenvalue weighted by Crippen LogP contribution is 2.32. The number of rotatable bonds is 5. The number of hydrogen-bond acceptors (Lipinski definition) is 6. The second-order valence-corrected chi connectivity index (χ2v) is 8.75. The SMILES string of the molecule is O=C(CCN1C(=O)C(=Cc2ccc(Br)cc2)SC1=S)NNC(=O)c1ccccc1O. The predicted molar refractivity (Wildman–Crippen MR) is 122 cm³/mol. The number of hydrogen-bond donors (Lipinski definition) is 3. The Morgan fingerprint density at radius 2 is 1.83 bits per heavy atom. The number of halogens is 1. The summed E-state index contributed by atoms with van der Waals surface area (Å²) in [6, 6.07) is 13.5. The Morgan fingerprint density at radius 1 is 1.13 bits per heavy atom. The Labute approximate surface area is 190 Å². The van der Waals surface area contributed by atoms with E-state index in [0.717, 1.165) is 10.0 Å². The summed E-state index contributed by atoms with van der Waals surface area (Å²) >= 11 is 9.80. The number of aromatic hydroxyl groups is 1. The molecule has 0 radical (unpaired) electrons. The molecule has 0 saturated carbocycles. The number of benzene rings is 2. The second-order valence-electron chi connectivity index (χ2n) is 6.15. The van der Waals surface area contributed by atoms with Crippen molar-refractivity contribution in [1.82, 2.24) is 15.8 Å². The minimum absolute atomic E-state index is 0.0350. The summed E-state index contributed by atoms with van der Waals surface area (Å²) in [4.78, 5) is 38.5. The van der Waals surface area contributed by atoms with E-state index >= 15 is 0 Å². The van der Waals surface area contributed by atoms with E-state index in [0.29, 0.717) is 9.23 Å². The third-order valence-corrected chi connectivity index (χ3v) is 5.97. The van der Waals surface area contributed by atoms with Crippen LogP contribution in [0.2, 0.25) is 0 Å². The summed E-state index contributed by atoms with van der Waals surface area (Å²) in [6.45, 7) is 0.0840. The summed E-state index contributed by atoms with van der Waals surface area (Å²) in [5.74, 6) is -1.60. The maximum atomic E-state index is 12.6. The van der Waals surface area contributed by atoms with E-state index in [-0.39, 0.29) is 30.2 Å². The zero-order chi connectivity index (χ0) is 21.7. The lowest BCUT2D eigenvalue weighted by Crippen LogP contribution is -2.43. The fraction of sp³-hybridized carbons (Fsp3) is 0.100. The summed E-state index contributed by atoms with van der Waals surface area (Å²) in [6.07, 6.45) is 1.69. The van der Waals surface area contributed by atoms with Gasteiger partial charge in [-0.15, -0.1) is 0 Å². The summed E-state index contributed by atoms with van der Waals surface area (Å²) in [5, 5.41) is 9.65. The Balaban J connectivity index is 1.52. The number of phenolic OH excluding ortho intramolecular Hbond substituents is 1. The summed E-state index contributed by atoms with van der Waals surface area (Å²) in [7, 11) is 0. The van der Waals surface area contributed by atoms with E-state index in [9.17, 15) is 19.5 Å². The Morgan fingerprint density at radius 3 is 2.53 bits per heavy atom. The molecule has 1 aliphatic heterocycles. The van der Waals surface area contributed by atoms with Crippen LogP contribution in [0.15, 0.2) is 57.9 Å². The molecule has 0 atom stereocenters. The minimum Gasteiger partial charge on any atom is -0.507 e. The van der Waals surface area contributed by atoms with Crippen LogP contribution in [0, 0.1) is 0 Å². The van der Waals surface area contributed by atoms with Crippen molar-refractivity contribution in [3.8, 4) is 5.75 Å². The van der Waals surface area contributed by atoms with Crippen LogP contribution in [-0.4, -0.2) is 38.6 Å². The van der Waals surface area contributed by atoms with Gasteiger partial charge in [-0.05, 0) is 35.9 Å². The molecule has 1 aliphatic rings. The third-order valence-electron chi connectivity index (χ3n) is 4.07. The van der Waals surface area contributed by atoms with Gasteiger partial charge in [-0.2, -0.15) is 0 Å². The van der Waals surface area contributed by atoms with Crippen LogP contribution in [0.3, 0.4) is 0 Å². The van der Waals surface area contributed by atoms with Crippen molar-refractivity contribution in [2.45, 2.75) is 6.42 Å². The molecule has 1 heterocycles. The number of amides is 3. The predicted octanol–water partition coefficient (Wildman–Crippen LogP) is 3.21. The zero-order valence-corrected chi connectivity index (χ0v) is 18.6. The number of nitrogens with one attached hydrogen (secondary N) is 2. The third kappa shape index (κ3) is 5.47. The topological polar surface area (TPSA) is 98.7 Å². The first-order chi connectivity index (χ1) is 14.3. The molecule has 3 amide bonds. The number of phenols is 1. The van der Waals surface area contributed by atoms with Gasteiger partial charge in [-0.3, -0.25) is 30.1 Å². The molecule has 0 spiro atoms. The lowest BCUT2D eigenvalue weighted by Gasteiger charge is -2.14. The second kappa shape index (κ2) is 9.88. The molecule has 10 heteroatoms. The lowest BCUT2D eigenvalue weighted by atomic mass is 10.2. The van der Waals surface area contributed by atoms with Gasteiger partial charge >= 0.3 is 0 Å². The molecular formula is C20H16BrN3O4S2. The normalized spacial score (nSPS) is 14.8. The largest absolute Gasteiger partial charge is 0.507 e. The molecule has 0 bridgehead atoms. The first-order valence-corrected chi connectivity index (χ1v) is 10.7. The van der Waals surface area contributed by atoms with Crippen molar-refractivity contribution < 1.29 is 19.5 Å². The summed E-state index contributed by atoms with van der Waals surface area (Å²) in [5.41, 5.74) is 5.39. The van der Waals surface area contributed by atoms with Gasteiger partial charge in [0.05, 0.1) is 10.5 Å². The van der Waals surface area contributed by atoms with Gasteiger partial charge < -0.3 is 5.11 Å². The number of carbonyl (C=O) groups excluding carboxylic acids is 3. The van der Waals surface area contributed by atoms with E-state index in [1.807, 2.05) is 24.3 Å². The smallest absolute Gasteiger partial charge is 0.273 e. The van der Waals surface area contributed by atoms with Crippen molar-refractivity contribution in [2.24, 2.45) is 0 Å². The lowest BCUT2D eigenvalue weighted by molar-refractivity contribution is -0.124. The van der Waals surface area contributed by atoms with Crippen LogP contribution in [0.5, 0.6) is 5.75 Å². The van der Waals surface area contributed by atoms with Crippen LogP contribution < -0.4 is 10.9 Å². The van der Waals surface area contributed by atoms with Crippen molar-refractivity contribution in [3.63, 3.8) is 0 Å². The van der Waals surface area contributed by atoms with E-state index in [2.05, 4.69) is 26.8 Å². The molecule has 30 heavy (non-hydrogen) atoms. The number of nitrogens with zero attached hydrogens (tertiary/aromatic N) is 1.